The lowest BCUT2D eigenvalue weighted by Gasteiger charge is -2.22. The minimum absolute atomic E-state index is 0.410. The molecule has 0 aliphatic rings. The molecule has 0 aliphatic heterocycles. The Bertz CT molecular complexity index is 873. The fourth-order valence-corrected chi connectivity index (χ4v) is 3.43. The molecule has 0 atom stereocenters. The van der Waals surface area contributed by atoms with Crippen molar-refractivity contribution in [2.24, 2.45) is 0 Å². The molecule has 1 N–H and O–H groups in total. The van der Waals surface area contributed by atoms with E-state index in [-0.39, 0.29) is 0 Å². The second-order valence-corrected chi connectivity index (χ2v) is 10.7. The molecule has 3 aromatic rings. The number of ether oxygens (including phenoxy) is 1. The van der Waals surface area contributed by atoms with Gasteiger partial charge in [-0.3, -0.25) is 0 Å². The number of benzene rings is 1. The Morgan fingerprint density at radius 2 is 1.81 bits per heavy atom. The van der Waals surface area contributed by atoms with Crippen LogP contribution in [0.3, 0.4) is 0 Å². The third-order valence-corrected chi connectivity index (χ3v) is 4.15. The highest BCUT2D eigenvalue weighted by Crippen LogP contribution is 2.41. The molecule has 21 heavy (non-hydrogen) atoms. The van der Waals surface area contributed by atoms with E-state index in [1.165, 1.54) is 13.2 Å². The van der Waals surface area contributed by atoms with Gasteiger partial charge in [0.2, 0.25) is 5.75 Å². The zero-order chi connectivity index (χ0) is 15.2. The maximum absolute atomic E-state index is 11.6. The SMILES string of the molecule is COc1c2occc2c(N[Si](C)(C)C)c2ccc(=O)oc12. The first-order chi connectivity index (χ1) is 9.90. The summed E-state index contributed by atoms with van der Waals surface area (Å²) >= 11 is 0. The summed E-state index contributed by atoms with van der Waals surface area (Å²) < 4.78 is 16.3. The molecular weight excluding hydrogens is 286 g/mol. The van der Waals surface area contributed by atoms with Crippen molar-refractivity contribution >= 4 is 35.9 Å². The molecule has 2 heterocycles. The van der Waals surface area contributed by atoms with Crippen LogP contribution in [-0.2, 0) is 0 Å². The lowest BCUT2D eigenvalue weighted by Crippen LogP contribution is -2.32. The summed E-state index contributed by atoms with van der Waals surface area (Å²) in [5, 5.41) is 1.75. The molecule has 0 fully saturated rings. The third kappa shape index (κ3) is 2.31. The van der Waals surface area contributed by atoms with Crippen molar-refractivity contribution in [3.8, 4) is 5.75 Å². The lowest BCUT2D eigenvalue weighted by atomic mass is 10.1. The van der Waals surface area contributed by atoms with Crippen molar-refractivity contribution in [3.05, 3.63) is 34.9 Å². The summed E-state index contributed by atoms with van der Waals surface area (Å²) in [5.74, 6) is 0.448. The number of furan rings is 1. The van der Waals surface area contributed by atoms with Crippen LogP contribution >= 0.6 is 0 Å². The Morgan fingerprint density at radius 1 is 1.10 bits per heavy atom. The van der Waals surface area contributed by atoms with Crippen LogP contribution in [0.2, 0.25) is 19.6 Å². The van der Waals surface area contributed by atoms with Gasteiger partial charge in [-0.2, -0.15) is 0 Å². The standard InChI is InChI=1S/C15H17NO4Si/c1-18-15-13-10(7-8-19-13)12(16-21(2,3)4)9-5-6-11(17)20-14(9)15/h5-8,16H,1-4H3. The number of hydrogen-bond donors (Lipinski definition) is 1. The molecule has 0 spiro atoms. The Labute approximate surface area is 122 Å². The van der Waals surface area contributed by atoms with Gasteiger partial charge in [0.1, 0.15) is 8.24 Å². The molecule has 1 aromatic carbocycles. The number of fused-ring (bicyclic) bond motifs is 2. The van der Waals surface area contributed by atoms with Crippen LogP contribution in [0.25, 0.3) is 21.9 Å². The highest BCUT2D eigenvalue weighted by Gasteiger charge is 2.22. The molecule has 0 saturated carbocycles. The van der Waals surface area contributed by atoms with Crippen LogP contribution < -0.4 is 15.3 Å². The van der Waals surface area contributed by atoms with Gasteiger partial charge in [-0.05, 0) is 12.1 Å². The summed E-state index contributed by atoms with van der Waals surface area (Å²) in [5.41, 5.74) is 1.51. The highest BCUT2D eigenvalue weighted by atomic mass is 28.3. The summed E-state index contributed by atoms with van der Waals surface area (Å²) in [6, 6.07) is 5.08. The van der Waals surface area contributed by atoms with E-state index in [0.717, 1.165) is 16.5 Å². The van der Waals surface area contributed by atoms with Gasteiger partial charge in [-0.1, -0.05) is 19.6 Å². The quantitative estimate of drug-likeness (QED) is 0.589. The summed E-state index contributed by atoms with van der Waals surface area (Å²) in [6.07, 6.45) is 1.61. The van der Waals surface area contributed by atoms with Crippen molar-refractivity contribution < 1.29 is 13.6 Å². The van der Waals surface area contributed by atoms with E-state index in [4.69, 9.17) is 13.6 Å². The van der Waals surface area contributed by atoms with Crippen LogP contribution in [-0.4, -0.2) is 15.3 Å². The van der Waals surface area contributed by atoms with E-state index in [2.05, 4.69) is 24.6 Å². The second kappa shape index (κ2) is 4.66. The van der Waals surface area contributed by atoms with E-state index < -0.39 is 13.9 Å². The summed E-state index contributed by atoms with van der Waals surface area (Å²) in [7, 11) is -0.0623. The smallest absolute Gasteiger partial charge is 0.336 e. The first kappa shape index (κ1) is 13.8. The van der Waals surface area contributed by atoms with Crippen LogP contribution in [0.15, 0.2) is 38.1 Å². The average molecular weight is 303 g/mol. The van der Waals surface area contributed by atoms with Gasteiger partial charge < -0.3 is 18.6 Å². The lowest BCUT2D eigenvalue weighted by molar-refractivity contribution is 0.403. The molecule has 0 saturated heterocycles. The predicted octanol–water partition coefficient (Wildman–Crippen LogP) is 3.79. The Morgan fingerprint density at radius 3 is 2.48 bits per heavy atom. The molecule has 5 nitrogen and oxygen atoms in total. The molecule has 0 unspecified atom stereocenters. The molecule has 3 rings (SSSR count). The van der Waals surface area contributed by atoms with Gasteiger partial charge in [0, 0.05) is 22.5 Å². The van der Waals surface area contributed by atoms with Crippen LogP contribution in [0.5, 0.6) is 5.75 Å². The molecule has 2 aromatic heterocycles. The van der Waals surface area contributed by atoms with Gasteiger partial charge in [0.15, 0.2) is 11.2 Å². The van der Waals surface area contributed by atoms with Crippen molar-refractivity contribution in [1.82, 2.24) is 0 Å². The van der Waals surface area contributed by atoms with Gasteiger partial charge >= 0.3 is 5.63 Å². The van der Waals surface area contributed by atoms with E-state index in [1.807, 2.05) is 6.07 Å². The fraction of sp³-hybridized carbons (Fsp3) is 0.267. The van der Waals surface area contributed by atoms with E-state index in [1.54, 1.807) is 12.3 Å². The molecule has 6 heteroatoms. The van der Waals surface area contributed by atoms with E-state index in [0.29, 0.717) is 16.9 Å². The summed E-state index contributed by atoms with van der Waals surface area (Å²) in [6.45, 7) is 6.61. The maximum Gasteiger partial charge on any atom is 0.336 e. The largest absolute Gasteiger partial charge is 0.490 e. The number of nitrogens with one attached hydrogen (secondary N) is 1. The van der Waals surface area contributed by atoms with Crippen molar-refractivity contribution in [2.75, 3.05) is 12.1 Å². The normalized spacial score (nSPS) is 12.0. The Balaban J connectivity index is 2.48. The van der Waals surface area contributed by atoms with Gasteiger partial charge in [0.05, 0.1) is 13.4 Å². The van der Waals surface area contributed by atoms with Crippen molar-refractivity contribution in [3.63, 3.8) is 0 Å². The Hall–Kier alpha value is -2.21. The van der Waals surface area contributed by atoms with Crippen molar-refractivity contribution in [1.29, 1.82) is 0 Å². The first-order valence-electron chi connectivity index (χ1n) is 6.70. The van der Waals surface area contributed by atoms with E-state index >= 15 is 0 Å². The van der Waals surface area contributed by atoms with E-state index in [9.17, 15) is 4.79 Å². The molecule has 0 radical (unpaired) electrons. The van der Waals surface area contributed by atoms with Gasteiger partial charge in [-0.25, -0.2) is 4.79 Å². The first-order valence-corrected chi connectivity index (χ1v) is 10.2. The third-order valence-electron chi connectivity index (χ3n) is 3.15. The monoisotopic (exact) mass is 303 g/mol. The van der Waals surface area contributed by atoms with Gasteiger partial charge in [0.25, 0.3) is 0 Å². The number of rotatable bonds is 3. The minimum atomic E-state index is -1.60. The second-order valence-electron chi connectivity index (χ2n) is 5.94. The summed E-state index contributed by atoms with van der Waals surface area (Å²) in [4.78, 5) is 15.1. The van der Waals surface area contributed by atoms with Crippen LogP contribution in [0.1, 0.15) is 0 Å². The number of anilines is 1. The zero-order valence-corrected chi connectivity index (χ0v) is 13.4. The molecular formula is C15H17NO4Si. The van der Waals surface area contributed by atoms with Crippen molar-refractivity contribution in [2.45, 2.75) is 19.6 Å². The minimum Gasteiger partial charge on any atom is -0.490 e. The average Bonchev–Trinajstić information content (AvgIpc) is 2.86. The topological polar surface area (TPSA) is 64.6 Å². The molecule has 0 amide bonds. The highest BCUT2D eigenvalue weighted by molar-refractivity contribution is 6.79. The zero-order valence-electron chi connectivity index (χ0n) is 12.4. The maximum atomic E-state index is 11.6. The molecule has 0 aliphatic carbocycles. The predicted molar refractivity (Wildman–Crippen MR) is 85.8 cm³/mol. The molecule has 0 bridgehead atoms. The van der Waals surface area contributed by atoms with Gasteiger partial charge in [-0.15, -0.1) is 0 Å². The fourth-order valence-electron chi connectivity index (χ4n) is 2.41. The van der Waals surface area contributed by atoms with Crippen LogP contribution in [0.4, 0.5) is 5.69 Å². The van der Waals surface area contributed by atoms with Crippen LogP contribution in [0, 0.1) is 0 Å². The molecule has 110 valence electrons. The number of hydrogen-bond acceptors (Lipinski definition) is 5. The Kier molecular flexibility index (Phi) is 3.05. The number of methoxy groups -OCH3 is 1.